The largest absolute Gasteiger partial charge is 0.341 e. The highest BCUT2D eigenvalue weighted by atomic mass is 15.2. The van der Waals surface area contributed by atoms with Crippen LogP contribution < -0.4 is 9.80 Å². The van der Waals surface area contributed by atoms with Crippen molar-refractivity contribution in [1.29, 1.82) is 0 Å². The summed E-state index contributed by atoms with van der Waals surface area (Å²) in [5.74, 6) is 0. The van der Waals surface area contributed by atoms with Crippen molar-refractivity contribution in [1.82, 2.24) is 0 Å². The Hall–Kier alpha value is -4.56. The van der Waals surface area contributed by atoms with Crippen LogP contribution in [0.3, 0.4) is 0 Å². The van der Waals surface area contributed by atoms with Gasteiger partial charge in [-0.3, -0.25) is 0 Å². The molecule has 1 heterocycles. The fourth-order valence-corrected chi connectivity index (χ4v) is 6.04. The molecule has 0 unspecified atom stereocenters. The molecule has 2 nitrogen and oxygen atoms in total. The summed E-state index contributed by atoms with van der Waals surface area (Å²) in [7, 11) is 4.33. The van der Waals surface area contributed by atoms with Crippen LogP contribution in [0.15, 0.2) is 115 Å². The Balaban J connectivity index is 1.55. The van der Waals surface area contributed by atoms with E-state index in [-0.39, 0.29) is 0 Å². The molecule has 0 N–H and O–H groups in total. The van der Waals surface area contributed by atoms with E-state index in [2.05, 4.69) is 146 Å². The maximum absolute atomic E-state index is 2.37. The van der Waals surface area contributed by atoms with Crippen LogP contribution in [0.4, 0.5) is 22.7 Å². The zero-order valence-corrected chi connectivity index (χ0v) is 21.4. The van der Waals surface area contributed by atoms with E-state index in [0.29, 0.717) is 0 Å². The molecule has 0 fully saturated rings. The second-order valence-corrected chi connectivity index (χ2v) is 10.0. The second kappa shape index (κ2) is 8.25. The van der Waals surface area contributed by atoms with E-state index in [9.17, 15) is 0 Å². The third-order valence-corrected chi connectivity index (χ3v) is 7.83. The maximum atomic E-state index is 2.37. The van der Waals surface area contributed by atoms with Crippen molar-refractivity contribution in [3.05, 3.63) is 121 Å². The number of anilines is 4. The van der Waals surface area contributed by atoms with Gasteiger partial charge in [0.1, 0.15) is 0 Å². The molecule has 0 aromatic heterocycles. The van der Waals surface area contributed by atoms with Gasteiger partial charge in [0, 0.05) is 14.1 Å². The van der Waals surface area contributed by atoms with Gasteiger partial charge in [-0.15, -0.1) is 0 Å². The molecule has 0 bridgehead atoms. The summed E-state index contributed by atoms with van der Waals surface area (Å²) >= 11 is 0. The Kier molecular flexibility index (Phi) is 4.84. The van der Waals surface area contributed by atoms with Crippen LogP contribution in [0.5, 0.6) is 0 Å². The molecular weight excluding hydrogens is 448 g/mol. The molecule has 7 rings (SSSR count). The Morgan fingerprint density at radius 3 is 1.65 bits per heavy atom. The lowest BCUT2D eigenvalue weighted by Gasteiger charge is -2.36. The van der Waals surface area contributed by atoms with Crippen molar-refractivity contribution < 1.29 is 0 Å². The quantitative estimate of drug-likeness (QED) is 0.230. The van der Waals surface area contributed by atoms with Crippen LogP contribution in [-0.4, -0.2) is 14.1 Å². The first-order valence-electron chi connectivity index (χ1n) is 12.8. The van der Waals surface area contributed by atoms with Crippen LogP contribution in [0, 0.1) is 6.92 Å². The predicted octanol–water partition coefficient (Wildman–Crippen LogP) is 9.48. The highest BCUT2D eigenvalue weighted by molar-refractivity contribution is 6.21. The normalized spacial score (nSPS) is 12.6. The number of nitrogens with zero attached hydrogens (tertiary/aromatic N) is 2. The van der Waals surface area contributed by atoms with Gasteiger partial charge in [0.25, 0.3) is 0 Å². The molecular formula is C35H28N2. The zero-order chi connectivity index (χ0) is 25.1. The van der Waals surface area contributed by atoms with Crippen molar-refractivity contribution in [2.24, 2.45) is 0 Å². The van der Waals surface area contributed by atoms with Crippen molar-refractivity contribution in [2.45, 2.75) is 6.92 Å². The topological polar surface area (TPSA) is 6.48 Å². The Morgan fingerprint density at radius 1 is 0.405 bits per heavy atom. The number of para-hydroxylation sites is 2. The molecule has 37 heavy (non-hydrogen) atoms. The minimum absolute atomic E-state index is 1.22. The molecule has 0 radical (unpaired) electrons. The monoisotopic (exact) mass is 476 g/mol. The summed E-state index contributed by atoms with van der Waals surface area (Å²) in [5, 5.41) is 5.16. The maximum Gasteiger partial charge on any atom is 0.0656 e. The molecule has 0 spiro atoms. The fourth-order valence-electron chi connectivity index (χ4n) is 6.04. The van der Waals surface area contributed by atoms with Crippen LogP contribution in [0.1, 0.15) is 5.56 Å². The second-order valence-electron chi connectivity index (χ2n) is 10.0. The van der Waals surface area contributed by atoms with Crippen LogP contribution in [-0.2, 0) is 0 Å². The van der Waals surface area contributed by atoms with Crippen molar-refractivity contribution in [3.8, 4) is 22.3 Å². The number of aryl methyl sites for hydroxylation is 1. The van der Waals surface area contributed by atoms with Crippen LogP contribution in [0.25, 0.3) is 43.8 Å². The van der Waals surface area contributed by atoms with Crippen LogP contribution in [0.2, 0.25) is 0 Å². The van der Waals surface area contributed by atoms with E-state index in [0.717, 1.165) is 0 Å². The lowest BCUT2D eigenvalue weighted by molar-refractivity contribution is 1.10. The van der Waals surface area contributed by atoms with Gasteiger partial charge in [-0.05, 0) is 75.0 Å². The van der Waals surface area contributed by atoms with Gasteiger partial charge < -0.3 is 9.80 Å². The molecule has 0 aliphatic carbocycles. The van der Waals surface area contributed by atoms with Gasteiger partial charge in [-0.2, -0.15) is 0 Å². The standard InChI is InChI=1S/C35H28N2/c1-23-17-19-28-29(21-23)35(27-14-8-7-13-26(27)34(28)24-11-5-4-6-12-24)25-18-20-32-33(22-25)37(3)31-16-10-9-15-30(31)36(32)2/h4-22H,1-3H3. The van der Waals surface area contributed by atoms with Gasteiger partial charge in [-0.25, -0.2) is 0 Å². The summed E-state index contributed by atoms with van der Waals surface area (Å²) in [6.45, 7) is 2.19. The molecule has 0 saturated carbocycles. The van der Waals surface area contributed by atoms with Crippen molar-refractivity contribution in [2.75, 3.05) is 23.9 Å². The summed E-state index contributed by atoms with van der Waals surface area (Å²) in [6.07, 6.45) is 0. The average Bonchev–Trinajstić information content (AvgIpc) is 2.95. The van der Waals surface area contributed by atoms with E-state index in [1.54, 1.807) is 0 Å². The van der Waals surface area contributed by atoms with E-state index in [1.807, 2.05) is 0 Å². The zero-order valence-electron chi connectivity index (χ0n) is 21.4. The molecule has 0 atom stereocenters. The first-order chi connectivity index (χ1) is 18.1. The molecule has 0 saturated heterocycles. The van der Waals surface area contributed by atoms with E-state index in [4.69, 9.17) is 0 Å². The molecule has 6 aromatic carbocycles. The molecule has 2 heteroatoms. The lowest BCUT2D eigenvalue weighted by Crippen LogP contribution is -2.24. The number of rotatable bonds is 2. The van der Waals surface area contributed by atoms with Crippen molar-refractivity contribution >= 4 is 44.3 Å². The summed E-state index contributed by atoms with van der Waals surface area (Å²) in [4.78, 5) is 4.62. The Bertz CT molecular complexity index is 1820. The van der Waals surface area contributed by atoms with E-state index in [1.165, 1.54) is 72.1 Å². The SMILES string of the molecule is Cc1ccc2c(-c3ccccc3)c3ccccc3c(-c3ccc4c(c3)N(C)c3ccccc3N4C)c2c1. The van der Waals surface area contributed by atoms with Gasteiger partial charge in [-0.1, -0.05) is 96.6 Å². The molecule has 1 aliphatic rings. The minimum Gasteiger partial charge on any atom is -0.341 e. The summed E-state index contributed by atoms with van der Waals surface area (Å²) in [6, 6.07) is 42.1. The number of hydrogen-bond donors (Lipinski definition) is 0. The van der Waals surface area contributed by atoms with Gasteiger partial charge >= 0.3 is 0 Å². The molecule has 0 amide bonds. The van der Waals surface area contributed by atoms with E-state index >= 15 is 0 Å². The third kappa shape index (κ3) is 3.26. The molecule has 178 valence electrons. The smallest absolute Gasteiger partial charge is 0.0656 e. The lowest BCUT2D eigenvalue weighted by atomic mass is 9.85. The third-order valence-electron chi connectivity index (χ3n) is 7.83. The number of benzene rings is 6. The number of hydrogen-bond acceptors (Lipinski definition) is 2. The van der Waals surface area contributed by atoms with Gasteiger partial charge in [0.2, 0.25) is 0 Å². The van der Waals surface area contributed by atoms with Crippen molar-refractivity contribution in [3.63, 3.8) is 0 Å². The minimum atomic E-state index is 1.22. The summed E-state index contributed by atoms with van der Waals surface area (Å²) < 4.78 is 0. The highest BCUT2D eigenvalue weighted by Crippen LogP contribution is 2.49. The number of fused-ring (bicyclic) bond motifs is 4. The Morgan fingerprint density at radius 2 is 0.946 bits per heavy atom. The molecule has 1 aliphatic heterocycles. The Labute approximate surface area is 218 Å². The highest BCUT2D eigenvalue weighted by Gasteiger charge is 2.25. The predicted molar refractivity (Wildman–Crippen MR) is 160 cm³/mol. The first-order valence-corrected chi connectivity index (χ1v) is 12.8. The van der Waals surface area contributed by atoms with E-state index < -0.39 is 0 Å². The average molecular weight is 477 g/mol. The van der Waals surface area contributed by atoms with Gasteiger partial charge in [0.05, 0.1) is 22.7 Å². The first kappa shape index (κ1) is 21.7. The molecule has 6 aromatic rings. The summed E-state index contributed by atoms with van der Waals surface area (Å²) in [5.41, 5.74) is 11.2. The van der Waals surface area contributed by atoms with Crippen LogP contribution >= 0.6 is 0 Å². The van der Waals surface area contributed by atoms with Gasteiger partial charge in [0.15, 0.2) is 0 Å². The fraction of sp³-hybridized carbons (Fsp3) is 0.0857.